The van der Waals surface area contributed by atoms with Gasteiger partial charge in [-0.15, -0.1) is 0 Å². The van der Waals surface area contributed by atoms with Gasteiger partial charge in [0.2, 0.25) is 0 Å². The first kappa shape index (κ1) is 19.0. The van der Waals surface area contributed by atoms with E-state index in [0.29, 0.717) is 22.9 Å². The Hall–Kier alpha value is -2.31. The molecule has 0 atom stereocenters. The van der Waals surface area contributed by atoms with Crippen molar-refractivity contribution in [3.63, 3.8) is 0 Å². The first-order chi connectivity index (χ1) is 13.7. The van der Waals surface area contributed by atoms with Gasteiger partial charge in [-0.1, -0.05) is 12.1 Å². The lowest BCUT2D eigenvalue weighted by molar-refractivity contribution is 0.0238. The van der Waals surface area contributed by atoms with Gasteiger partial charge >= 0.3 is 0 Å². The van der Waals surface area contributed by atoms with E-state index in [0.717, 1.165) is 52.0 Å². The Morgan fingerprint density at radius 2 is 1.89 bits per heavy atom. The summed E-state index contributed by atoms with van der Waals surface area (Å²) in [7, 11) is 0. The van der Waals surface area contributed by atoms with E-state index in [1.165, 1.54) is 12.1 Å². The number of ether oxygens (including phenoxy) is 1. The lowest BCUT2D eigenvalue weighted by Crippen LogP contribution is -2.49. The van der Waals surface area contributed by atoms with Crippen LogP contribution < -0.4 is 5.32 Å². The van der Waals surface area contributed by atoms with Crippen LogP contribution in [0, 0.1) is 5.82 Å². The summed E-state index contributed by atoms with van der Waals surface area (Å²) in [5, 5.41) is 3.14. The molecule has 1 N–H and O–H groups in total. The van der Waals surface area contributed by atoms with Crippen LogP contribution in [0.5, 0.6) is 0 Å². The molecule has 0 spiro atoms. The number of carbonyl (C=O) groups is 1. The van der Waals surface area contributed by atoms with Crippen molar-refractivity contribution in [3.8, 4) is 11.3 Å². The minimum absolute atomic E-state index is 0.0946. The van der Waals surface area contributed by atoms with Crippen molar-refractivity contribution in [2.24, 2.45) is 0 Å². The first-order valence-electron chi connectivity index (χ1n) is 10.0. The van der Waals surface area contributed by atoms with Crippen molar-refractivity contribution in [1.29, 1.82) is 0 Å². The van der Waals surface area contributed by atoms with Gasteiger partial charge in [-0.25, -0.2) is 4.39 Å². The minimum atomic E-state index is -0.298. The van der Waals surface area contributed by atoms with Crippen LogP contribution in [0.25, 0.3) is 11.3 Å². The van der Waals surface area contributed by atoms with E-state index in [9.17, 15) is 9.18 Å². The number of benzene rings is 1. The molecule has 0 unspecified atom stereocenters. The lowest BCUT2D eigenvalue weighted by atomic mass is 9.99. The minimum Gasteiger partial charge on any atom is -0.381 e. The number of rotatable bonds is 4. The summed E-state index contributed by atoms with van der Waals surface area (Å²) in [6, 6.07) is 10.6. The van der Waals surface area contributed by atoms with Crippen LogP contribution in [0.15, 0.2) is 42.6 Å². The molecule has 2 aliphatic rings. The molecule has 5 nitrogen and oxygen atoms in total. The molecule has 2 aromatic rings. The van der Waals surface area contributed by atoms with Crippen LogP contribution in [0.2, 0.25) is 0 Å². The predicted molar refractivity (Wildman–Crippen MR) is 106 cm³/mol. The van der Waals surface area contributed by atoms with Gasteiger partial charge < -0.3 is 15.0 Å². The van der Waals surface area contributed by atoms with Gasteiger partial charge in [0.15, 0.2) is 0 Å². The maximum Gasteiger partial charge on any atom is 0.253 e. The summed E-state index contributed by atoms with van der Waals surface area (Å²) in [6.45, 7) is 3.76. The summed E-state index contributed by atoms with van der Waals surface area (Å²) in [5.74, 6) is -0.393. The van der Waals surface area contributed by atoms with Gasteiger partial charge in [0.1, 0.15) is 5.82 Å². The number of pyridine rings is 1. The third-order valence-electron chi connectivity index (χ3n) is 5.72. The SMILES string of the molecule is O=C(NC1CCN(C2CCOCC2)CC1)c1ccc(-c2cccc(F)c2)nc1. The van der Waals surface area contributed by atoms with Crippen LogP contribution in [0.3, 0.4) is 0 Å². The first-order valence-corrected chi connectivity index (χ1v) is 10.0. The van der Waals surface area contributed by atoms with Gasteiger partial charge in [0.25, 0.3) is 5.91 Å². The standard InChI is InChI=1S/C22H26FN3O2/c23-18-3-1-2-16(14-18)21-5-4-17(15-24-21)22(27)25-19-6-10-26(11-7-19)20-8-12-28-13-9-20/h1-5,14-15,19-20H,6-13H2,(H,25,27). The second kappa shape index (κ2) is 8.80. The topological polar surface area (TPSA) is 54.5 Å². The van der Waals surface area contributed by atoms with E-state index in [1.54, 1.807) is 30.5 Å². The summed E-state index contributed by atoms with van der Waals surface area (Å²) in [5.41, 5.74) is 1.89. The Balaban J connectivity index is 1.30. The fraction of sp³-hybridized carbons (Fsp3) is 0.455. The quantitative estimate of drug-likeness (QED) is 0.881. The van der Waals surface area contributed by atoms with Crippen LogP contribution in [0.4, 0.5) is 4.39 Å². The van der Waals surface area contributed by atoms with E-state index in [2.05, 4.69) is 15.2 Å². The number of aromatic nitrogens is 1. The molecule has 2 aliphatic heterocycles. The van der Waals surface area contributed by atoms with E-state index in [-0.39, 0.29) is 17.8 Å². The third kappa shape index (κ3) is 4.56. The molecule has 4 rings (SSSR count). The van der Waals surface area contributed by atoms with E-state index in [4.69, 9.17) is 4.74 Å². The van der Waals surface area contributed by atoms with Crippen LogP contribution in [-0.4, -0.2) is 54.2 Å². The largest absolute Gasteiger partial charge is 0.381 e. The Labute approximate surface area is 164 Å². The second-order valence-electron chi connectivity index (χ2n) is 7.57. The zero-order chi connectivity index (χ0) is 19.3. The fourth-order valence-corrected chi connectivity index (χ4v) is 4.07. The second-order valence-corrected chi connectivity index (χ2v) is 7.57. The third-order valence-corrected chi connectivity index (χ3v) is 5.72. The Bertz CT molecular complexity index is 798. The molecular formula is C22H26FN3O2. The molecule has 3 heterocycles. The summed E-state index contributed by atoms with van der Waals surface area (Å²) in [6.07, 6.45) is 5.73. The van der Waals surface area contributed by atoms with Gasteiger partial charge in [-0.2, -0.15) is 0 Å². The highest BCUT2D eigenvalue weighted by atomic mass is 19.1. The highest BCUT2D eigenvalue weighted by molar-refractivity contribution is 5.94. The number of hydrogen-bond acceptors (Lipinski definition) is 4. The Kier molecular flexibility index (Phi) is 5.98. The van der Waals surface area contributed by atoms with Crippen LogP contribution in [0.1, 0.15) is 36.0 Å². The summed E-state index contributed by atoms with van der Waals surface area (Å²) in [4.78, 5) is 19.4. The zero-order valence-electron chi connectivity index (χ0n) is 15.9. The fourth-order valence-electron chi connectivity index (χ4n) is 4.07. The number of hydrogen-bond donors (Lipinski definition) is 1. The molecule has 1 aromatic carbocycles. The van der Waals surface area contributed by atoms with Crippen molar-refractivity contribution in [3.05, 3.63) is 54.0 Å². The molecule has 148 valence electrons. The van der Waals surface area contributed by atoms with Crippen molar-refractivity contribution >= 4 is 5.91 Å². The molecule has 0 saturated carbocycles. The monoisotopic (exact) mass is 383 g/mol. The maximum absolute atomic E-state index is 13.4. The number of likely N-dealkylation sites (tertiary alicyclic amines) is 1. The van der Waals surface area contributed by atoms with Gasteiger partial charge in [-0.05, 0) is 49.9 Å². The molecule has 6 heteroatoms. The highest BCUT2D eigenvalue weighted by Gasteiger charge is 2.27. The van der Waals surface area contributed by atoms with Gasteiger partial charge in [-0.3, -0.25) is 9.78 Å². The van der Waals surface area contributed by atoms with Crippen molar-refractivity contribution in [2.75, 3.05) is 26.3 Å². The van der Waals surface area contributed by atoms with Crippen LogP contribution in [-0.2, 0) is 4.74 Å². The number of amides is 1. The number of piperidine rings is 1. The Morgan fingerprint density at radius 3 is 2.57 bits per heavy atom. The molecular weight excluding hydrogens is 357 g/mol. The average molecular weight is 383 g/mol. The number of nitrogens with one attached hydrogen (secondary N) is 1. The van der Waals surface area contributed by atoms with Gasteiger partial charge in [0, 0.05) is 50.1 Å². The highest BCUT2D eigenvalue weighted by Crippen LogP contribution is 2.21. The summed E-state index contributed by atoms with van der Waals surface area (Å²) >= 11 is 0. The number of nitrogens with zero attached hydrogens (tertiary/aromatic N) is 2. The Morgan fingerprint density at radius 1 is 1.11 bits per heavy atom. The molecule has 2 fully saturated rings. The van der Waals surface area contributed by atoms with Gasteiger partial charge in [0.05, 0.1) is 11.3 Å². The number of halogens is 1. The lowest BCUT2D eigenvalue weighted by Gasteiger charge is -2.39. The molecule has 1 amide bonds. The smallest absolute Gasteiger partial charge is 0.253 e. The zero-order valence-corrected chi connectivity index (χ0v) is 15.9. The van der Waals surface area contributed by atoms with Crippen molar-refractivity contribution < 1.29 is 13.9 Å². The van der Waals surface area contributed by atoms with E-state index >= 15 is 0 Å². The maximum atomic E-state index is 13.4. The van der Waals surface area contributed by atoms with E-state index in [1.807, 2.05) is 0 Å². The summed E-state index contributed by atoms with van der Waals surface area (Å²) < 4.78 is 18.8. The molecule has 0 aliphatic carbocycles. The van der Waals surface area contributed by atoms with Crippen LogP contribution >= 0.6 is 0 Å². The molecule has 1 aromatic heterocycles. The van der Waals surface area contributed by atoms with E-state index < -0.39 is 0 Å². The number of carbonyl (C=O) groups excluding carboxylic acids is 1. The van der Waals surface area contributed by atoms with Crippen molar-refractivity contribution in [2.45, 2.75) is 37.8 Å². The predicted octanol–water partition coefficient (Wildman–Crippen LogP) is 3.26. The average Bonchev–Trinajstić information content (AvgIpc) is 2.75. The normalized spacial score (nSPS) is 19.5. The molecule has 28 heavy (non-hydrogen) atoms. The molecule has 0 bridgehead atoms. The molecule has 2 saturated heterocycles. The van der Waals surface area contributed by atoms with Crippen molar-refractivity contribution in [1.82, 2.24) is 15.2 Å². The molecule has 0 radical (unpaired) electrons.